The molecule has 0 aliphatic carbocycles. The van der Waals surface area contributed by atoms with Gasteiger partial charge in [0.1, 0.15) is 12.2 Å². The number of methoxy groups -OCH3 is 1. The number of benzene rings is 2. The first kappa shape index (κ1) is 30.8. The molecule has 3 aromatic rings. The molecule has 1 aliphatic heterocycles. The second kappa shape index (κ2) is 12.0. The van der Waals surface area contributed by atoms with Crippen molar-refractivity contribution in [1.82, 2.24) is 15.1 Å². The molecule has 1 aliphatic rings. The summed E-state index contributed by atoms with van der Waals surface area (Å²) in [6.07, 6.45) is -6.65. The van der Waals surface area contributed by atoms with Crippen molar-refractivity contribution in [1.29, 1.82) is 0 Å². The minimum atomic E-state index is -4.81. The smallest absolute Gasteiger partial charge is 0.416 e. The number of esters is 1. The number of guanidine groups is 1. The van der Waals surface area contributed by atoms with E-state index in [9.17, 15) is 31.9 Å². The predicted molar refractivity (Wildman–Crippen MR) is 146 cm³/mol. The van der Waals surface area contributed by atoms with Crippen molar-refractivity contribution >= 4 is 63.5 Å². The van der Waals surface area contributed by atoms with Crippen molar-refractivity contribution in [3.8, 4) is 0 Å². The largest absolute Gasteiger partial charge is 0.469 e. The van der Waals surface area contributed by atoms with Gasteiger partial charge in [-0.15, -0.1) is 0 Å². The molecule has 4 rings (SSSR count). The van der Waals surface area contributed by atoms with Gasteiger partial charge in [-0.25, -0.2) is 9.38 Å². The van der Waals surface area contributed by atoms with Crippen LogP contribution in [0.3, 0.4) is 0 Å². The average molecular weight is 632 g/mol. The van der Waals surface area contributed by atoms with Gasteiger partial charge in [-0.3, -0.25) is 19.1 Å². The molecule has 2 heterocycles. The van der Waals surface area contributed by atoms with Crippen LogP contribution < -0.4 is 22.1 Å². The molecular weight excluding hydrogens is 609 g/mol. The highest BCUT2D eigenvalue weighted by molar-refractivity contribution is 6.36. The van der Waals surface area contributed by atoms with Crippen molar-refractivity contribution in [3.63, 3.8) is 0 Å². The zero-order chi connectivity index (χ0) is 30.9. The molecule has 224 valence electrons. The first-order valence-corrected chi connectivity index (χ1v) is 12.9. The summed E-state index contributed by atoms with van der Waals surface area (Å²) in [6, 6.07) is 3.50. The summed E-state index contributed by atoms with van der Waals surface area (Å²) in [4.78, 5) is 41.7. The average Bonchev–Trinajstić information content (AvgIpc) is 3.24. The summed E-state index contributed by atoms with van der Waals surface area (Å²) in [5, 5.41) is 9.44. The summed E-state index contributed by atoms with van der Waals surface area (Å²) in [6.45, 7) is -0.185. The quantitative estimate of drug-likeness (QED) is 0.218. The van der Waals surface area contributed by atoms with Gasteiger partial charge in [-0.1, -0.05) is 23.2 Å². The second-order valence-corrected chi connectivity index (χ2v) is 10.1. The van der Waals surface area contributed by atoms with Crippen LogP contribution in [-0.4, -0.2) is 59.9 Å². The lowest BCUT2D eigenvalue weighted by Crippen LogP contribution is -2.41. The topological polar surface area (TPSA) is 167 Å². The van der Waals surface area contributed by atoms with E-state index in [0.29, 0.717) is 6.07 Å². The fourth-order valence-electron chi connectivity index (χ4n) is 4.56. The van der Waals surface area contributed by atoms with Crippen molar-refractivity contribution < 1.29 is 36.7 Å². The number of aliphatic imine (C=N–C) groups is 1. The van der Waals surface area contributed by atoms with Crippen LogP contribution in [0.15, 0.2) is 35.3 Å². The maximum atomic E-state index is 13.6. The maximum Gasteiger partial charge on any atom is 0.416 e. The van der Waals surface area contributed by atoms with E-state index < -0.39 is 54.1 Å². The monoisotopic (exact) mass is 631 g/mol. The molecule has 17 heteroatoms. The Balaban J connectivity index is 1.95. The van der Waals surface area contributed by atoms with Crippen LogP contribution in [0.5, 0.6) is 0 Å². The SMILES string of the molecule is COC(=O)C[C@@H](c1cc(Cl)cc(C(F)(F)F)c1)C(C(N)=O)n1nc(Cl)c2c(NC3=NCC(F)CN3)cc(C(N)=O)cc21. The van der Waals surface area contributed by atoms with Gasteiger partial charge in [0, 0.05) is 16.5 Å². The van der Waals surface area contributed by atoms with Crippen LogP contribution in [-0.2, 0) is 20.5 Å². The Kier molecular flexibility index (Phi) is 8.82. The molecule has 0 bridgehead atoms. The number of ether oxygens (including phenoxy) is 1. The number of nitrogens with zero attached hydrogens (tertiary/aromatic N) is 3. The molecule has 11 nitrogen and oxygen atoms in total. The van der Waals surface area contributed by atoms with Crippen molar-refractivity contribution in [2.45, 2.75) is 30.7 Å². The summed E-state index contributed by atoms with van der Waals surface area (Å²) in [5.41, 5.74) is 10.0. The molecule has 0 saturated heterocycles. The van der Waals surface area contributed by atoms with Crippen LogP contribution in [0.2, 0.25) is 10.2 Å². The van der Waals surface area contributed by atoms with E-state index in [1.807, 2.05) is 0 Å². The number of fused-ring (bicyclic) bond motifs is 1. The van der Waals surface area contributed by atoms with E-state index in [2.05, 4.69) is 20.7 Å². The van der Waals surface area contributed by atoms with E-state index >= 15 is 0 Å². The number of anilines is 1. The number of nitrogens with one attached hydrogen (secondary N) is 2. The number of carbonyl (C=O) groups is 3. The Morgan fingerprint density at radius 1 is 1.19 bits per heavy atom. The fourth-order valence-corrected chi connectivity index (χ4v) is 5.08. The predicted octanol–water partition coefficient (Wildman–Crippen LogP) is 3.54. The van der Waals surface area contributed by atoms with Crippen LogP contribution in [0.25, 0.3) is 10.9 Å². The molecule has 2 amide bonds. The molecule has 6 N–H and O–H groups in total. The minimum Gasteiger partial charge on any atom is -0.469 e. The summed E-state index contributed by atoms with van der Waals surface area (Å²) in [5.74, 6) is -4.13. The molecule has 0 fully saturated rings. The van der Waals surface area contributed by atoms with Crippen molar-refractivity contribution in [2.75, 3.05) is 25.5 Å². The first-order chi connectivity index (χ1) is 19.7. The van der Waals surface area contributed by atoms with Crippen LogP contribution in [0, 0.1) is 0 Å². The van der Waals surface area contributed by atoms with Gasteiger partial charge in [-0.05, 0) is 35.9 Å². The summed E-state index contributed by atoms with van der Waals surface area (Å²) >= 11 is 12.5. The number of amides is 2. The number of alkyl halides is 4. The van der Waals surface area contributed by atoms with Gasteiger partial charge >= 0.3 is 12.1 Å². The van der Waals surface area contributed by atoms with E-state index in [1.165, 1.54) is 12.1 Å². The fraction of sp³-hybridized carbons (Fsp3) is 0.320. The Bertz CT molecular complexity index is 1590. The van der Waals surface area contributed by atoms with Crippen LogP contribution in [0.4, 0.5) is 23.2 Å². The second-order valence-electron chi connectivity index (χ2n) is 9.31. The Morgan fingerprint density at radius 3 is 2.48 bits per heavy atom. The number of primary amides is 2. The first-order valence-electron chi connectivity index (χ1n) is 12.1. The van der Waals surface area contributed by atoms with Gasteiger partial charge in [0.2, 0.25) is 11.8 Å². The lowest BCUT2D eigenvalue weighted by atomic mass is 9.87. The van der Waals surface area contributed by atoms with Crippen LogP contribution in [0.1, 0.15) is 39.9 Å². The highest BCUT2D eigenvalue weighted by Crippen LogP contribution is 2.41. The van der Waals surface area contributed by atoms with Gasteiger partial charge in [-0.2, -0.15) is 18.3 Å². The molecular formula is C25H23Cl2F4N7O4. The standard InChI is InChI=1S/C25H23Cl2F4N7O4/c1-42-18(39)7-15(10-2-12(25(29,30)31)6-13(26)3-10)20(23(33)41)38-17-5-11(22(32)40)4-16(19(17)21(27)37-38)36-24-34-8-14(28)9-35-24/h2-6,14-15,20H,7-9H2,1H3,(H2,32,40)(H2,33,41)(H2,34,35,36)/t15-,20?/m0/s1. The molecule has 42 heavy (non-hydrogen) atoms. The van der Waals surface area contributed by atoms with Gasteiger partial charge in [0.25, 0.3) is 0 Å². The number of nitrogens with two attached hydrogens (primary N) is 2. The van der Waals surface area contributed by atoms with Gasteiger partial charge in [0.05, 0.1) is 48.8 Å². The molecule has 0 radical (unpaired) electrons. The normalized spacial score (nSPS) is 16.7. The third kappa shape index (κ3) is 6.51. The molecule has 0 spiro atoms. The van der Waals surface area contributed by atoms with Crippen molar-refractivity contribution in [2.24, 2.45) is 16.5 Å². The molecule has 0 saturated carbocycles. The minimum absolute atomic E-state index is 0.00955. The number of rotatable bonds is 8. The number of halogens is 6. The summed E-state index contributed by atoms with van der Waals surface area (Å²) in [7, 11) is 1.06. The van der Waals surface area contributed by atoms with E-state index in [-0.39, 0.29) is 56.9 Å². The van der Waals surface area contributed by atoms with Gasteiger partial charge in [0.15, 0.2) is 11.1 Å². The molecule has 3 atom stereocenters. The highest BCUT2D eigenvalue weighted by Gasteiger charge is 2.38. The summed E-state index contributed by atoms with van der Waals surface area (Å²) < 4.78 is 60.2. The number of hydrogen-bond donors (Lipinski definition) is 4. The molecule has 2 unspecified atom stereocenters. The Hall–Kier alpha value is -4.11. The van der Waals surface area contributed by atoms with Gasteiger partial charge < -0.3 is 26.8 Å². The molecule has 2 aromatic carbocycles. The highest BCUT2D eigenvalue weighted by atomic mass is 35.5. The third-order valence-corrected chi connectivity index (χ3v) is 6.95. The zero-order valence-electron chi connectivity index (χ0n) is 21.6. The van der Waals surface area contributed by atoms with E-state index in [1.54, 1.807) is 0 Å². The Morgan fingerprint density at radius 2 is 1.90 bits per heavy atom. The zero-order valence-corrected chi connectivity index (χ0v) is 23.1. The number of aromatic nitrogens is 2. The number of carbonyl (C=O) groups excluding carboxylic acids is 3. The van der Waals surface area contributed by atoms with E-state index in [0.717, 1.165) is 23.9 Å². The van der Waals surface area contributed by atoms with Crippen molar-refractivity contribution in [3.05, 3.63) is 57.2 Å². The lowest BCUT2D eigenvalue weighted by Gasteiger charge is -2.26. The van der Waals surface area contributed by atoms with Crippen LogP contribution >= 0.6 is 23.2 Å². The maximum absolute atomic E-state index is 13.6. The lowest BCUT2D eigenvalue weighted by molar-refractivity contribution is -0.141. The third-order valence-electron chi connectivity index (χ3n) is 6.47. The molecule has 1 aromatic heterocycles. The van der Waals surface area contributed by atoms with E-state index in [4.69, 9.17) is 39.4 Å². The Labute approximate surface area is 245 Å². The number of hydrogen-bond acceptors (Lipinski definition) is 8.